The lowest BCUT2D eigenvalue weighted by Gasteiger charge is -2.32. The van der Waals surface area contributed by atoms with Crippen molar-refractivity contribution in [1.82, 2.24) is 5.32 Å². The average Bonchev–Trinajstić information content (AvgIpc) is 2.32. The highest BCUT2D eigenvalue weighted by molar-refractivity contribution is 5.34. The molecule has 19 heavy (non-hydrogen) atoms. The van der Waals surface area contributed by atoms with Gasteiger partial charge in [-0.15, -0.1) is 0 Å². The molecule has 1 aromatic carbocycles. The maximum Gasteiger partial charge on any atom is 0.124 e. The zero-order chi connectivity index (χ0) is 13.8. The molecular formula is C16H24FNO. The minimum Gasteiger partial charge on any atom is -0.490 e. The molecule has 1 aliphatic carbocycles. The van der Waals surface area contributed by atoms with Crippen molar-refractivity contribution >= 4 is 0 Å². The Bertz CT molecular complexity index is 411. The molecule has 2 unspecified atom stereocenters. The third kappa shape index (κ3) is 3.93. The van der Waals surface area contributed by atoms with Gasteiger partial charge in [-0.05, 0) is 56.3 Å². The van der Waals surface area contributed by atoms with E-state index < -0.39 is 0 Å². The van der Waals surface area contributed by atoms with Crippen molar-refractivity contribution in [2.45, 2.75) is 45.8 Å². The van der Waals surface area contributed by atoms with Crippen molar-refractivity contribution in [2.75, 3.05) is 7.05 Å². The summed E-state index contributed by atoms with van der Waals surface area (Å²) in [7, 11) is 1.86. The van der Waals surface area contributed by atoms with E-state index in [4.69, 9.17) is 4.74 Å². The van der Waals surface area contributed by atoms with Gasteiger partial charge in [0, 0.05) is 12.1 Å². The van der Waals surface area contributed by atoms with Crippen LogP contribution in [0.4, 0.5) is 4.39 Å². The fourth-order valence-electron chi connectivity index (χ4n) is 3.14. The molecule has 2 nitrogen and oxygen atoms in total. The van der Waals surface area contributed by atoms with Gasteiger partial charge in [-0.1, -0.05) is 13.8 Å². The van der Waals surface area contributed by atoms with Crippen LogP contribution in [0.5, 0.6) is 5.75 Å². The van der Waals surface area contributed by atoms with Gasteiger partial charge in [0.1, 0.15) is 11.6 Å². The van der Waals surface area contributed by atoms with Crippen molar-refractivity contribution in [3.05, 3.63) is 29.6 Å². The molecule has 0 amide bonds. The molecule has 0 bridgehead atoms. The monoisotopic (exact) mass is 265 g/mol. The predicted molar refractivity (Wildman–Crippen MR) is 75.8 cm³/mol. The number of halogens is 1. The summed E-state index contributed by atoms with van der Waals surface area (Å²) < 4.78 is 19.4. The first-order valence-corrected chi connectivity index (χ1v) is 7.18. The fourth-order valence-corrected chi connectivity index (χ4v) is 3.14. The Morgan fingerprint density at radius 3 is 2.53 bits per heavy atom. The molecule has 0 radical (unpaired) electrons. The summed E-state index contributed by atoms with van der Waals surface area (Å²) in [6.45, 7) is 5.20. The number of benzene rings is 1. The Kier molecular flexibility index (Phi) is 4.81. The molecule has 0 heterocycles. The second-order valence-corrected chi connectivity index (χ2v) is 5.94. The van der Waals surface area contributed by atoms with Crippen LogP contribution in [0, 0.1) is 17.7 Å². The van der Waals surface area contributed by atoms with Crippen molar-refractivity contribution < 1.29 is 9.13 Å². The van der Waals surface area contributed by atoms with Crippen molar-refractivity contribution in [1.29, 1.82) is 0 Å². The minimum absolute atomic E-state index is 0.206. The van der Waals surface area contributed by atoms with Crippen LogP contribution in [0.25, 0.3) is 0 Å². The average molecular weight is 265 g/mol. The Morgan fingerprint density at radius 2 is 1.89 bits per heavy atom. The molecule has 3 heteroatoms. The van der Waals surface area contributed by atoms with E-state index in [0.717, 1.165) is 24.2 Å². The van der Waals surface area contributed by atoms with Gasteiger partial charge in [0.15, 0.2) is 0 Å². The summed E-state index contributed by atoms with van der Waals surface area (Å²) in [5.41, 5.74) is 0.897. The summed E-state index contributed by atoms with van der Waals surface area (Å²) in [6, 6.07) is 4.79. The number of nitrogens with one attached hydrogen (secondary N) is 1. The lowest BCUT2D eigenvalue weighted by molar-refractivity contribution is 0.0999. The van der Waals surface area contributed by atoms with E-state index in [1.165, 1.54) is 12.5 Å². The Hall–Kier alpha value is -1.09. The SMILES string of the molecule is CNCc1cc(F)ccc1OC1CC(C)CC(C)C1. The first-order chi connectivity index (χ1) is 9.08. The van der Waals surface area contributed by atoms with Crippen molar-refractivity contribution in [2.24, 2.45) is 11.8 Å². The van der Waals surface area contributed by atoms with E-state index in [1.54, 1.807) is 12.1 Å². The lowest BCUT2D eigenvalue weighted by atomic mass is 9.82. The molecule has 0 saturated heterocycles. The van der Waals surface area contributed by atoms with E-state index in [9.17, 15) is 4.39 Å². The maximum atomic E-state index is 13.3. The first kappa shape index (κ1) is 14.3. The minimum atomic E-state index is -0.206. The van der Waals surface area contributed by atoms with E-state index in [2.05, 4.69) is 19.2 Å². The van der Waals surface area contributed by atoms with Gasteiger partial charge in [-0.25, -0.2) is 4.39 Å². The highest BCUT2D eigenvalue weighted by Gasteiger charge is 2.25. The van der Waals surface area contributed by atoms with E-state index in [1.807, 2.05) is 7.05 Å². The molecule has 1 aliphatic rings. The number of hydrogen-bond donors (Lipinski definition) is 1. The molecule has 1 N–H and O–H groups in total. The summed E-state index contributed by atoms with van der Waals surface area (Å²) >= 11 is 0. The predicted octanol–water partition coefficient (Wildman–Crippen LogP) is 3.75. The number of rotatable bonds is 4. The first-order valence-electron chi connectivity index (χ1n) is 7.18. The van der Waals surface area contributed by atoms with Crippen LogP contribution in [-0.4, -0.2) is 13.2 Å². The van der Waals surface area contributed by atoms with Crippen LogP contribution < -0.4 is 10.1 Å². The van der Waals surface area contributed by atoms with Crippen molar-refractivity contribution in [3.8, 4) is 5.75 Å². The quantitative estimate of drug-likeness (QED) is 0.895. The summed E-state index contributed by atoms with van der Waals surface area (Å²) in [4.78, 5) is 0. The zero-order valence-electron chi connectivity index (χ0n) is 12.1. The molecule has 0 aliphatic heterocycles. The van der Waals surface area contributed by atoms with Crippen LogP contribution >= 0.6 is 0 Å². The highest BCUT2D eigenvalue weighted by Crippen LogP contribution is 2.32. The van der Waals surface area contributed by atoms with Gasteiger partial charge in [-0.2, -0.15) is 0 Å². The van der Waals surface area contributed by atoms with Gasteiger partial charge in [-0.3, -0.25) is 0 Å². The van der Waals surface area contributed by atoms with E-state index in [-0.39, 0.29) is 11.9 Å². The topological polar surface area (TPSA) is 21.3 Å². The molecular weight excluding hydrogens is 241 g/mol. The maximum absolute atomic E-state index is 13.3. The third-order valence-electron chi connectivity index (χ3n) is 3.82. The van der Waals surface area contributed by atoms with Gasteiger partial charge in [0.05, 0.1) is 6.10 Å². The summed E-state index contributed by atoms with van der Waals surface area (Å²) in [6.07, 6.45) is 3.74. The molecule has 0 spiro atoms. The molecule has 1 aromatic rings. The largest absolute Gasteiger partial charge is 0.490 e. The van der Waals surface area contributed by atoms with Gasteiger partial charge < -0.3 is 10.1 Å². The van der Waals surface area contributed by atoms with Crippen LogP contribution in [-0.2, 0) is 6.54 Å². The molecule has 1 fully saturated rings. The van der Waals surface area contributed by atoms with Gasteiger partial charge in [0.25, 0.3) is 0 Å². The van der Waals surface area contributed by atoms with Crippen LogP contribution in [0.1, 0.15) is 38.7 Å². The molecule has 0 aromatic heterocycles. The van der Waals surface area contributed by atoms with Crippen LogP contribution in [0.15, 0.2) is 18.2 Å². The smallest absolute Gasteiger partial charge is 0.124 e. The lowest BCUT2D eigenvalue weighted by Crippen LogP contribution is -2.29. The molecule has 2 atom stereocenters. The molecule has 106 valence electrons. The zero-order valence-corrected chi connectivity index (χ0v) is 12.1. The molecule has 2 rings (SSSR count). The second-order valence-electron chi connectivity index (χ2n) is 5.94. The van der Waals surface area contributed by atoms with E-state index in [0.29, 0.717) is 18.4 Å². The normalized spacial score (nSPS) is 27.3. The van der Waals surface area contributed by atoms with Crippen LogP contribution in [0.2, 0.25) is 0 Å². The number of ether oxygens (including phenoxy) is 1. The van der Waals surface area contributed by atoms with Gasteiger partial charge in [0.2, 0.25) is 0 Å². The molecule has 1 saturated carbocycles. The Balaban J connectivity index is 2.09. The standard InChI is InChI=1S/C16H24FNO/c1-11-6-12(2)8-15(7-11)19-16-5-4-14(17)9-13(16)10-18-3/h4-5,9,11-12,15,18H,6-8,10H2,1-3H3. The second kappa shape index (κ2) is 6.38. The Labute approximate surface area is 115 Å². The fraction of sp³-hybridized carbons (Fsp3) is 0.625. The van der Waals surface area contributed by atoms with Crippen molar-refractivity contribution in [3.63, 3.8) is 0 Å². The Morgan fingerprint density at radius 1 is 1.21 bits per heavy atom. The number of hydrogen-bond acceptors (Lipinski definition) is 2. The van der Waals surface area contributed by atoms with E-state index >= 15 is 0 Å². The van der Waals surface area contributed by atoms with Crippen LogP contribution in [0.3, 0.4) is 0 Å². The summed E-state index contributed by atoms with van der Waals surface area (Å²) in [5.74, 6) is 2.04. The summed E-state index contributed by atoms with van der Waals surface area (Å²) in [5, 5.41) is 3.06. The third-order valence-corrected chi connectivity index (χ3v) is 3.82. The van der Waals surface area contributed by atoms with Gasteiger partial charge >= 0.3 is 0 Å². The highest BCUT2D eigenvalue weighted by atomic mass is 19.1.